The lowest BCUT2D eigenvalue weighted by atomic mass is 10.1. The molecule has 1 N–H and O–H groups in total. The molecular weight excluding hydrogens is 196 g/mol. The van der Waals surface area contributed by atoms with Crippen LogP contribution in [0.2, 0.25) is 0 Å². The van der Waals surface area contributed by atoms with Crippen molar-refractivity contribution in [2.75, 3.05) is 25.0 Å². The molecular formula is C9H16N4S. The second-order valence-corrected chi connectivity index (χ2v) is 4.60. The van der Waals surface area contributed by atoms with Crippen molar-refractivity contribution in [2.24, 2.45) is 0 Å². The minimum Gasteiger partial charge on any atom is -0.347 e. The largest absolute Gasteiger partial charge is 0.347 e. The standard InChI is InChI=1S/C9H16N4S/c1-10-7-8-11-12-9(14-8)13-5-3-2-4-6-13/h10H,2-7H2,1H3. The van der Waals surface area contributed by atoms with Crippen molar-refractivity contribution in [3.05, 3.63) is 5.01 Å². The van der Waals surface area contributed by atoms with Crippen LogP contribution in [0.25, 0.3) is 0 Å². The van der Waals surface area contributed by atoms with Crippen LogP contribution in [-0.4, -0.2) is 30.3 Å². The van der Waals surface area contributed by atoms with Crippen molar-refractivity contribution in [1.29, 1.82) is 0 Å². The van der Waals surface area contributed by atoms with E-state index in [1.54, 1.807) is 11.3 Å². The number of nitrogens with one attached hydrogen (secondary N) is 1. The zero-order chi connectivity index (χ0) is 9.80. The monoisotopic (exact) mass is 212 g/mol. The van der Waals surface area contributed by atoms with Crippen LogP contribution in [0.5, 0.6) is 0 Å². The second-order valence-electron chi connectivity index (χ2n) is 3.56. The van der Waals surface area contributed by atoms with Crippen LogP contribution >= 0.6 is 11.3 Å². The Hall–Kier alpha value is -0.680. The van der Waals surface area contributed by atoms with E-state index in [1.165, 1.54) is 19.3 Å². The van der Waals surface area contributed by atoms with Crippen LogP contribution in [0.15, 0.2) is 0 Å². The van der Waals surface area contributed by atoms with Crippen LogP contribution in [0.4, 0.5) is 5.13 Å². The summed E-state index contributed by atoms with van der Waals surface area (Å²) >= 11 is 1.71. The summed E-state index contributed by atoms with van der Waals surface area (Å²) in [5.74, 6) is 0. The van der Waals surface area contributed by atoms with Crippen molar-refractivity contribution in [1.82, 2.24) is 15.5 Å². The molecule has 0 spiro atoms. The van der Waals surface area contributed by atoms with Gasteiger partial charge in [-0.05, 0) is 26.3 Å². The SMILES string of the molecule is CNCc1nnc(N2CCCCC2)s1. The first kappa shape index (κ1) is 9.86. The summed E-state index contributed by atoms with van der Waals surface area (Å²) in [5, 5.41) is 13.6. The Morgan fingerprint density at radius 3 is 2.79 bits per heavy atom. The Kier molecular flexibility index (Phi) is 3.31. The van der Waals surface area contributed by atoms with Gasteiger partial charge >= 0.3 is 0 Å². The van der Waals surface area contributed by atoms with Gasteiger partial charge in [0, 0.05) is 19.6 Å². The summed E-state index contributed by atoms with van der Waals surface area (Å²) in [7, 11) is 1.93. The number of aromatic nitrogens is 2. The predicted octanol–water partition coefficient (Wildman–Crippen LogP) is 1.25. The van der Waals surface area contributed by atoms with E-state index in [4.69, 9.17) is 0 Å². The Labute approximate surface area is 88.3 Å². The number of hydrogen-bond acceptors (Lipinski definition) is 5. The summed E-state index contributed by atoms with van der Waals surface area (Å²) < 4.78 is 0. The molecule has 1 aliphatic rings. The highest BCUT2D eigenvalue weighted by atomic mass is 32.1. The number of rotatable bonds is 3. The summed E-state index contributed by atoms with van der Waals surface area (Å²) in [4.78, 5) is 2.35. The first-order chi connectivity index (χ1) is 6.90. The van der Waals surface area contributed by atoms with E-state index in [9.17, 15) is 0 Å². The van der Waals surface area contributed by atoms with Crippen LogP contribution in [0.1, 0.15) is 24.3 Å². The fourth-order valence-electron chi connectivity index (χ4n) is 1.68. The Bertz CT molecular complexity index is 280. The van der Waals surface area contributed by atoms with Gasteiger partial charge in [-0.15, -0.1) is 10.2 Å². The molecule has 0 aliphatic carbocycles. The van der Waals surface area contributed by atoms with Gasteiger partial charge in [-0.1, -0.05) is 11.3 Å². The average molecular weight is 212 g/mol. The lowest BCUT2D eigenvalue weighted by Crippen LogP contribution is -2.29. The van der Waals surface area contributed by atoms with Crippen molar-refractivity contribution < 1.29 is 0 Å². The van der Waals surface area contributed by atoms with Gasteiger partial charge in [0.25, 0.3) is 0 Å². The average Bonchev–Trinajstić information content (AvgIpc) is 2.68. The predicted molar refractivity (Wildman–Crippen MR) is 58.7 cm³/mol. The molecule has 5 heteroatoms. The van der Waals surface area contributed by atoms with Crippen LogP contribution in [0.3, 0.4) is 0 Å². The Morgan fingerprint density at radius 1 is 1.29 bits per heavy atom. The van der Waals surface area contributed by atoms with Gasteiger partial charge in [0.05, 0.1) is 0 Å². The second kappa shape index (κ2) is 4.70. The first-order valence-electron chi connectivity index (χ1n) is 5.12. The highest BCUT2D eigenvalue weighted by Gasteiger charge is 2.14. The van der Waals surface area contributed by atoms with Gasteiger partial charge in [0.2, 0.25) is 5.13 Å². The fraction of sp³-hybridized carbons (Fsp3) is 0.778. The minimum atomic E-state index is 0.825. The zero-order valence-electron chi connectivity index (χ0n) is 8.49. The molecule has 0 unspecified atom stereocenters. The third kappa shape index (κ3) is 2.22. The number of piperidine rings is 1. The van der Waals surface area contributed by atoms with E-state index in [2.05, 4.69) is 20.4 Å². The summed E-state index contributed by atoms with van der Waals surface area (Å²) in [6, 6.07) is 0. The molecule has 1 aromatic heterocycles. The van der Waals surface area contributed by atoms with E-state index in [0.29, 0.717) is 0 Å². The van der Waals surface area contributed by atoms with Crippen molar-refractivity contribution >= 4 is 16.5 Å². The molecule has 1 aliphatic heterocycles. The van der Waals surface area contributed by atoms with E-state index >= 15 is 0 Å². The van der Waals surface area contributed by atoms with E-state index < -0.39 is 0 Å². The molecule has 1 fully saturated rings. The van der Waals surface area contributed by atoms with Gasteiger partial charge in [0.15, 0.2) is 0 Å². The van der Waals surface area contributed by atoms with E-state index in [0.717, 1.165) is 29.8 Å². The van der Waals surface area contributed by atoms with Crippen LogP contribution in [-0.2, 0) is 6.54 Å². The molecule has 0 radical (unpaired) electrons. The van der Waals surface area contributed by atoms with E-state index in [1.807, 2.05) is 7.05 Å². The lowest BCUT2D eigenvalue weighted by molar-refractivity contribution is 0.575. The third-order valence-electron chi connectivity index (χ3n) is 2.41. The maximum absolute atomic E-state index is 4.21. The number of hydrogen-bond donors (Lipinski definition) is 1. The van der Waals surface area contributed by atoms with Crippen LogP contribution in [0, 0.1) is 0 Å². The maximum Gasteiger partial charge on any atom is 0.208 e. The minimum absolute atomic E-state index is 0.825. The van der Waals surface area contributed by atoms with Crippen molar-refractivity contribution in [2.45, 2.75) is 25.8 Å². The van der Waals surface area contributed by atoms with Crippen LogP contribution < -0.4 is 10.2 Å². The molecule has 0 saturated carbocycles. The molecule has 14 heavy (non-hydrogen) atoms. The molecule has 4 nitrogen and oxygen atoms in total. The molecule has 1 aromatic rings. The quantitative estimate of drug-likeness (QED) is 0.818. The lowest BCUT2D eigenvalue weighted by Gasteiger charge is -2.25. The molecule has 0 bridgehead atoms. The van der Waals surface area contributed by atoms with Gasteiger partial charge in [-0.3, -0.25) is 0 Å². The summed E-state index contributed by atoms with van der Waals surface area (Å²) in [6.45, 7) is 3.12. The Morgan fingerprint density at radius 2 is 2.07 bits per heavy atom. The van der Waals surface area contributed by atoms with E-state index in [-0.39, 0.29) is 0 Å². The van der Waals surface area contributed by atoms with Gasteiger partial charge in [-0.2, -0.15) is 0 Å². The van der Waals surface area contributed by atoms with Gasteiger partial charge in [0.1, 0.15) is 5.01 Å². The molecule has 0 atom stereocenters. The number of nitrogens with zero attached hydrogens (tertiary/aromatic N) is 3. The number of anilines is 1. The van der Waals surface area contributed by atoms with Gasteiger partial charge < -0.3 is 10.2 Å². The first-order valence-corrected chi connectivity index (χ1v) is 5.94. The molecule has 1 saturated heterocycles. The fourth-order valence-corrected chi connectivity index (χ4v) is 2.58. The normalized spacial score (nSPS) is 17.4. The van der Waals surface area contributed by atoms with Crippen molar-refractivity contribution in [3.63, 3.8) is 0 Å². The highest BCUT2D eigenvalue weighted by molar-refractivity contribution is 7.15. The van der Waals surface area contributed by atoms with Crippen molar-refractivity contribution in [3.8, 4) is 0 Å². The molecule has 78 valence electrons. The smallest absolute Gasteiger partial charge is 0.208 e. The maximum atomic E-state index is 4.21. The summed E-state index contributed by atoms with van der Waals surface area (Å²) in [5.41, 5.74) is 0. The Balaban J connectivity index is 2.00. The zero-order valence-corrected chi connectivity index (χ0v) is 9.31. The third-order valence-corrected chi connectivity index (χ3v) is 3.39. The van der Waals surface area contributed by atoms with Gasteiger partial charge in [-0.25, -0.2) is 0 Å². The molecule has 2 rings (SSSR count). The topological polar surface area (TPSA) is 41.1 Å². The molecule has 0 aromatic carbocycles. The highest BCUT2D eigenvalue weighted by Crippen LogP contribution is 2.23. The summed E-state index contributed by atoms with van der Waals surface area (Å²) in [6.07, 6.45) is 3.94. The molecule has 2 heterocycles. The molecule has 0 amide bonds.